The quantitative estimate of drug-likeness (QED) is 0.813. The highest BCUT2D eigenvalue weighted by molar-refractivity contribution is 5.73. The fraction of sp³-hybridized carbons (Fsp3) is 0.429. The second kappa shape index (κ2) is 9.37. The lowest BCUT2D eigenvalue weighted by Gasteiger charge is -2.35. The van der Waals surface area contributed by atoms with E-state index in [9.17, 15) is 4.79 Å². The second-order valence-corrected chi connectivity index (χ2v) is 6.62. The van der Waals surface area contributed by atoms with E-state index >= 15 is 0 Å². The van der Waals surface area contributed by atoms with Crippen LogP contribution < -0.4 is 15.0 Å². The van der Waals surface area contributed by atoms with Gasteiger partial charge in [-0.2, -0.15) is 0 Å². The number of anilines is 1. The molecule has 6 heteroatoms. The van der Waals surface area contributed by atoms with Gasteiger partial charge in [0.1, 0.15) is 11.6 Å². The lowest BCUT2D eigenvalue weighted by atomic mass is 10.2. The lowest BCUT2D eigenvalue weighted by Crippen LogP contribution is -2.48. The second-order valence-electron chi connectivity index (χ2n) is 6.62. The number of rotatable bonds is 7. The Morgan fingerprint density at radius 1 is 1.07 bits per heavy atom. The Morgan fingerprint density at radius 3 is 2.52 bits per heavy atom. The zero-order chi connectivity index (χ0) is 19.1. The summed E-state index contributed by atoms with van der Waals surface area (Å²) in [7, 11) is 0. The molecular formula is C21H28N4O2. The Bertz CT molecular complexity index is 757. The van der Waals surface area contributed by atoms with Crippen molar-refractivity contribution in [1.29, 1.82) is 0 Å². The lowest BCUT2D eigenvalue weighted by molar-refractivity contribution is -0.129. The van der Waals surface area contributed by atoms with Crippen molar-refractivity contribution in [2.24, 2.45) is 0 Å². The third-order valence-electron chi connectivity index (χ3n) is 4.80. The van der Waals surface area contributed by atoms with Crippen LogP contribution in [0.25, 0.3) is 0 Å². The number of carbonyl (C=O) groups excluding carboxylic acids is 1. The zero-order valence-corrected chi connectivity index (χ0v) is 16.1. The van der Waals surface area contributed by atoms with Crippen molar-refractivity contribution >= 4 is 11.7 Å². The first kappa shape index (κ1) is 19.2. The number of nitrogens with one attached hydrogen (secondary N) is 1. The number of carbonyl (C=O) groups is 1. The fourth-order valence-corrected chi connectivity index (χ4v) is 3.36. The first-order valence-corrected chi connectivity index (χ1v) is 9.54. The largest absolute Gasteiger partial charge is 0.494 e. The molecule has 0 radical (unpaired) electrons. The van der Waals surface area contributed by atoms with Crippen LogP contribution in [0.4, 0.5) is 5.82 Å². The van der Waals surface area contributed by atoms with Crippen LogP contribution >= 0.6 is 0 Å². The number of nitrogens with zero attached hydrogens (tertiary/aromatic N) is 3. The van der Waals surface area contributed by atoms with Gasteiger partial charge in [0.2, 0.25) is 5.91 Å². The van der Waals surface area contributed by atoms with Gasteiger partial charge in [-0.1, -0.05) is 24.3 Å². The Hall–Kier alpha value is -2.60. The standard InChI is InChI=1S/C21H28N4O2/c1-3-27-20-9-5-4-7-18(20)15-22-16-19-8-6-10-23-21(19)25-13-11-24(12-14-25)17(2)26/h4-10,22H,3,11-16H2,1-2H3. The van der Waals surface area contributed by atoms with Gasteiger partial charge in [-0.25, -0.2) is 4.98 Å². The third-order valence-corrected chi connectivity index (χ3v) is 4.80. The minimum atomic E-state index is 0.144. The van der Waals surface area contributed by atoms with Gasteiger partial charge in [0.25, 0.3) is 0 Å². The van der Waals surface area contributed by atoms with E-state index < -0.39 is 0 Å². The van der Waals surface area contributed by atoms with Gasteiger partial charge in [-0.05, 0) is 19.1 Å². The number of piperazine rings is 1. The monoisotopic (exact) mass is 368 g/mol. The van der Waals surface area contributed by atoms with Crippen LogP contribution in [0.15, 0.2) is 42.6 Å². The van der Waals surface area contributed by atoms with Gasteiger partial charge < -0.3 is 19.9 Å². The molecule has 1 saturated heterocycles. The topological polar surface area (TPSA) is 57.7 Å². The summed E-state index contributed by atoms with van der Waals surface area (Å²) in [5, 5.41) is 3.51. The highest BCUT2D eigenvalue weighted by atomic mass is 16.5. The maximum Gasteiger partial charge on any atom is 0.219 e. The third kappa shape index (κ3) is 4.98. The Kier molecular flexibility index (Phi) is 6.65. The molecule has 1 aromatic heterocycles. The van der Waals surface area contributed by atoms with E-state index in [0.717, 1.165) is 56.4 Å². The highest BCUT2D eigenvalue weighted by Gasteiger charge is 2.21. The summed E-state index contributed by atoms with van der Waals surface area (Å²) in [6.07, 6.45) is 1.83. The summed E-state index contributed by atoms with van der Waals surface area (Å²) in [5.41, 5.74) is 2.32. The Morgan fingerprint density at radius 2 is 1.78 bits per heavy atom. The van der Waals surface area contributed by atoms with Crippen LogP contribution in [-0.2, 0) is 17.9 Å². The number of ether oxygens (including phenoxy) is 1. The van der Waals surface area contributed by atoms with Crippen molar-refractivity contribution in [3.63, 3.8) is 0 Å². The number of aromatic nitrogens is 1. The summed E-state index contributed by atoms with van der Waals surface area (Å²) in [6.45, 7) is 8.90. The molecule has 6 nitrogen and oxygen atoms in total. The van der Waals surface area contributed by atoms with Crippen molar-refractivity contribution in [2.45, 2.75) is 26.9 Å². The van der Waals surface area contributed by atoms with Crippen LogP contribution in [0, 0.1) is 0 Å². The van der Waals surface area contributed by atoms with Crippen LogP contribution in [-0.4, -0.2) is 48.6 Å². The van der Waals surface area contributed by atoms with Gasteiger partial charge in [0, 0.05) is 63.5 Å². The summed E-state index contributed by atoms with van der Waals surface area (Å²) in [4.78, 5) is 20.3. The van der Waals surface area contributed by atoms with Gasteiger partial charge in [0.05, 0.1) is 6.61 Å². The predicted octanol–water partition coefficient (Wildman–Crippen LogP) is 2.44. The Balaban J connectivity index is 1.61. The van der Waals surface area contributed by atoms with Gasteiger partial charge in [-0.3, -0.25) is 4.79 Å². The molecule has 1 aliphatic heterocycles. The van der Waals surface area contributed by atoms with E-state index in [1.165, 1.54) is 5.56 Å². The number of pyridine rings is 1. The molecule has 1 N–H and O–H groups in total. The normalized spacial score (nSPS) is 14.3. The molecule has 0 bridgehead atoms. The molecule has 0 saturated carbocycles. The van der Waals surface area contributed by atoms with Crippen molar-refractivity contribution < 1.29 is 9.53 Å². The van der Waals surface area contributed by atoms with Gasteiger partial charge in [-0.15, -0.1) is 0 Å². The zero-order valence-electron chi connectivity index (χ0n) is 16.1. The average molecular weight is 368 g/mol. The SMILES string of the molecule is CCOc1ccccc1CNCc1cccnc1N1CCN(C(C)=O)CC1. The van der Waals surface area contributed by atoms with Gasteiger partial charge >= 0.3 is 0 Å². The number of amides is 1. The number of para-hydroxylation sites is 1. The molecule has 0 spiro atoms. The summed E-state index contributed by atoms with van der Waals surface area (Å²) < 4.78 is 5.70. The summed E-state index contributed by atoms with van der Waals surface area (Å²) in [6, 6.07) is 12.2. The molecule has 0 unspecified atom stereocenters. The molecule has 2 heterocycles. The smallest absolute Gasteiger partial charge is 0.219 e. The number of hydrogen-bond acceptors (Lipinski definition) is 5. The molecule has 1 fully saturated rings. The highest BCUT2D eigenvalue weighted by Crippen LogP contribution is 2.21. The van der Waals surface area contributed by atoms with Crippen molar-refractivity contribution in [2.75, 3.05) is 37.7 Å². The molecule has 144 valence electrons. The summed E-state index contributed by atoms with van der Waals surface area (Å²) >= 11 is 0. The van der Waals surface area contributed by atoms with Crippen molar-refractivity contribution in [3.8, 4) is 5.75 Å². The molecule has 1 amide bonds. The van der Waals surface area contributed by atoms with Crippen LogP contribution in [0.1, 0.15) is 25.0 Å². The fourth-order valence-electron chi connectivity index (χ4n) is 3.36. The van der Waals surface area contributed by atoms with Crippen LogP contribution in [0.5, 0.6) is 5.75 Å². The first-order valence-electron chi connectivity index (χ1n) is 9.54. The molecular weight excluding hydrogens is 340 g/mol. The van der Waals surface area contributed by atoms with E-state index in [2.05, 4.69) is 27.3 Å². The van der Waals surface area contributed by atoms with E-state index in [-0.39, 0.29) is 5.91 Å². The molecule has 0 aliphatic carbocycles. The maximum absolute atomic E-state index is 11.5. The van der Waals surface area contributed by atoms with Crippen LogP contribution in [0.3, 0.4) is 0 Å². The van der Waals surface area contributed by atoms with E-state index in [0.29, 0.717) is 6.61 Å². The van der Waals surface area contributed by atoms with Gasteiger partial charge in [0.15, 0.2) is 0 Å². The molecule has 0 atom stereocenters. The summed E-state index contributed by atoms with van der Waals surface area (Å²) in [5.74, 6) is 2.08. The van der Waals surface area contributed by atoms with Crippen molar-refractivity contribution in [1.82, 2.24) is 15.2 Å². The molecule has 1 aliphatic rings. The average Bonchev–Trinajstić information content (AvgIpc) is 2.70. The molecule has 27 heavy (non-hydrogen) atoms. The molecule has 3 rings (SSSR count). The first-order chi connectivity index (χ1) is 13.2. The van der Waals surface area contributed by atoms with Crippen molar-refractivity contribution in [3.05, 3.63) is 53.7 Å². The molecule has 2 aromatic rings. The van der Waals surface area contributed by atoms with E-state index in [1.54, 1.807) is 6.92 Å². The number of hydrogen-bond donors (Lipinski definition) is 1. The minimum Gasteiger partial charge on any atom is -0.494 e. The maximum atomic E-state index is 11.5. The Labute approximate surface area is 161 Å². The predicted molar refractivity (Wildman–Crippen MR) is 107 cm³/mol. The van der Waals surface area contributed by atoms with Crippen LogP contribution in [0.2, 0.25) is 0 Å². The number of benzene rings is 1. The van der Waals surface area contributed by atoms with E-state index in [4.69, 9.17) is 4.74 Å². The van der Waals surface area contributed by atoms with E-state index in [1.807, 2.05) is 42.3 Å². The molecule has 1 aromatic carbocycles. The minimum absolute atomic E-state index is 0.144.